The van der Waals surface area contributed by atoms with E-state index in [4.69, 9.17) is 0 Å². The smallest absolute Gasteiger partial charge is 0.271 e. The molecule has 0 heterocycles. The normalized spacial score (nSPS) is 11.0. The number of hydrazone groups is 1. The lowest BCUT2D eigenvalue weighted by Crippen LogP contribution is -2.17. The summed E-state index contributed by atoms with van der Waals surface area (Å²) in [5, 5.41) is 15.9. The minimum atomic E-state index is -0.291. The summed E-state index contributed by atoms with van der Waals surface area (Å²) in [4.78, 5) is 12.0. The minimum absolute atomic E-state index is 0.122. The third kappa shape index (κ3) is 3.21. The lowest BCUT2D eigenvalue weighted by Gasteiger charge is -2.05. The molecule has 3 aromatic carbocycles. The highest BCUT2D eigenvalue weighted by Gasteiger charge is 2.06. The van der Waals surface area contributed by atoms with Gasteiger partial charge in [0.25, 0.3) is 5.91 Å². The number of benzene rings is 3. The van der Waals surface area contributed by atoms with Gasteiger partial charge in [-0.05, 0) is 35.9 Å². The number of aromatic hydroxyl groups is 1. The Balaban J connectivity index is 1.82. The zero-order valence-electron chi connectivity index (χ0n) is 12.7. The van der Waals surface area contributed by atoms with Crippen LogP contribution in [-0.2, 0) is 0 Å². The molecule has 4 nitrogen and oxygen atoms in total. The van der Waals surface area contributed by atoms with E-state index >= 15 is 0 Å². The molecule has 23 heavy (non-hydrogen) atoms. The van der Waals surface area contributed by atoms with Crippen LogP contribution in [0.5, 0.6) is 5.75 Å². The van der Waals surface area contributed by atoms with Crippen molar-refractivity contribution in [3.8, 4) is 5.75 Å². The van der Waals surface area contributed by atoms with Crippen molar-refractivity contribution in [1.29, 1.82) is 0 Å². The Morgan fingerprint density at radius 3 is 2.57 bits per heavy atom. The first-order valence-corrected chi connectivity index (χ1v) is 7.26. The second kappa shape index (κ2) is 6.32. The summed E-state index contributed by atoms with van der Waals surface area (Å²) < 4.78 is 0. The summed E-state index contributed by atoms with van der Waals surface area (Å²) in [6.07, 6.45) is 1.46. The first kappa shape index (κ1) is 14.8. The number of fused-ring (bicyclic) bond motifs is 1. The maximum atomic E-state index is 12.0. The van der Waals surface area contributed by atoms with Crippen LogP contribution in [-0.4, -0.2) is 17.2 Å². The number of nitrogens with one attached hydrogen (secondary N) is 1. The Kier molecular flexibility index (Phi) is 4.06. The van der Waals surface area contributed by atoms with E-state index in [-0.39, 0.29) is 11.7 Å². The van der Waals surface area contributed by atoms with E-state index in [1.807, 2.05) is 49.4 Å². The van der Waals surface area contributed by atoms with Crippen molar-refractivity contribution in [2.75, 3.05) is 0 Å². The van der Waals surface area contributed by atoms with Crippen LogP contribution in [0, 0.1) is 6.92 Å². The molecule has 0 atom stereocenters. The number of amides is 1. The van der Waals surface area contributed by atoms with E-state index in [1.165, 1.54) is 6.21 Å². The fourth-order valence-electron chi connectivity index (χ4n) is 2.34. The predicted octanol–water partition coefficient (Wildman–Crippen LogP) is 3.62. The van der Waals surface area contributed by atoms with E-state index in [0.29, 0.717) is 11.1 Å². The third-order valence-corrected chi connectivity index (χ3v) is 3.62. The molecule has 4 heteroatoms. The van der Waals surface area contributed by atoms with Crippen molar-refractivity contribution in [2.24, 2.45) is 5.10 Å². The number of phenolic OH excluding ortho intramolecular Hbond substituents is 1. The highest BCUT2D eigenvalue weighted by molar-refractivity contribution is 6.03. The molecule has 0 aliphatic carbocycles. The van der Waals surface area contributed by atoms with E-state index in [1.54, 1.807) is 18.2 Å². The number of hydrogen-bond donors (Lipinski definition) is 2. The van der Waals surface area contributed by atoms with Gasteiger partial charge in [-0.1, -0.05) is 48.0 Å². The van der Waals surface area contributed by atoms with Crippen LogP contribution in [0.4, 0.5) is 0 Å². The summed E-state index contributed by atoms with van der Waals surface area (Å²) in [6, 6.07) is 18.4. The summed E-state index contributed by atoms with van der Waals surface area (Å²) in [6.45, 7) is 1.96. The Morgan fingerprint density at radius 2 is 1.78 bits per heavy atom. The van der Waals surface area contributed by atoms with Crippen molar-refractivity contribution in [3.05, 3.63) is 77.4 Å². The molecule has 1 amide bonds. The molecule has 2 N–H and O–H groups in total. The van der Waals surface area contributed by atoms with E-state index in [2.05, 4.69) is 10.5 Å². The fourth-order valence-corrected chi connectivity index (χ4v) is 2.34. The van der Waals surface area contributed by atoms with Crippen molar-refractivity contribution in [2.45, 2.75) is 6.92 Å². The van der Waals surface area contributed by atoms with Crippen molar-refractivity contribution < 1.29 is 9.90 Å². The zero-order chi connectivity index (χ0) is 16.2. The average Bonchev–Trinajstić information content (AvgIpc) is 2.57. The molecule has 0 aliphatic rings. The van der Waals surface area contributed by atoms with Gasteiger partial charge in [0.05, 0.1) is 6.21 Å². The van der Waals surface area contributed by atoms with Gasteiger partial charge in [0.1, 0.15) is 5.75 Å². The number of phenols is 1. The van der Waals surface area contributed by atoms with Gasteiger partial charge in [0.2, 0.25) is 0 Å². The SMILES string of the molecule is Cc1ccc(C(=O)N/N=C\c2c(O)ccc3ccccc23)cc1. The molecule has 0 saturated carbocycles. The van der Waals surface area contributed by atoms with Crippen molar-refractivity contribution in [3.63, 3.8) is 0 Å². The minimum Gasteiger partial charge on any atom is -0.507 e. The van der Waals surface area contributed by atoms with Gasteiger partial charge < -0.3 is 5.11 Å². The fraction of sp³-hybridized carbons (Fsp3) is 0.0526. The van der Waals surface area contributed by atoms with Gasteiger partial charge in [-0.15, -0.1) is 0 Å². The number of carbonyl (C=O) groups is 1. The monoisotopic (exact) mass is 304 g/mol. The summed E-state index contributed by atoms with van der Waals surface area (Å²) in [5.74, 6) is -0.169. The maximum absolute atomic E-state index is 12.0. The second-order valence-electron chi connectivity index (χ2n) is 5.28. The highest BCUT2D eigenvalue weighted by Crippen LogP contribution is 2.25. The number of nitrogens with zero attached hydrogens (tertiary/aromatic N) is 1. The first-order valence-electron chi connectivity index (χ1n) is 7.26. The Hall–Kier alpha value is -3.14. The average molecular weight is 304 g/mol. The zero-order valence-corrected chi connectivity index (χ0v) is 12.7. The predicted molar refractivity (Wildman–Crippen MR) is 91.9 cm³/mol. The Morgan fingerprint density at radius 1 is 1.04 bits per heavy atom. The molecule has 0 aliphatic heterocycles. The van der Waals surface area contributed by atoms with E-state index < -0.39 is 0 Å². The molecule has 3 rings (SSSR count). The molecule has 0 aromatic heterocycles. The number of carbonyl (C=O) groups excluding carboxylic acids is 1. The summed E-state index contributed by atoms with van der Waals surface area (Å²) in [5.41, 5.74) is 4.68. The highest BCUT2D eigenvalue weighted by atomic mass is 16.3. The van der Waals surface area contributed by atoms with Gasteiger partial charge >= 0.3 is 0 Å². The van der Waals surface area contributed by atoms with Crippen LogP contribution in [0.3, 0.4) is 0 Å². The standard InChI is InChI=1S/C19H16N2O2/c1-13-6-8-15(9-7-13)19(23)21-20-12-17-16-5-3-2-4-14(16)10-11-18(17)22/h2-12,22H,1H3,(H,21,23)/b20-12-. The largest absolute Gasteiger partial charge is 0.507 e. The van der Waals surface area contributed by atoms with Gasteiger partial charge in [0, 0.05) is 11.1 Å². The van der Waals surface area contributed by atoms with Crippen LogP contribution in [0.1, 0.15) is 21.5 Å². The van der Waals surface area contributed by atoms with Gasteiger partial charge in [-0.25, -0.2) is 5.43 Å². The van der Waals surface area contributed by atoms with Gasteiger partial charge in [-0.3, -0.25) is 4.79 Å². The third-order valence-electron chi connectivity index (χ3n) is 3.62. The Bertz CT molecular complexity index is 884. The molecular weight excluding hydrogens is 288 g/mol. The van der Waals surface area contributed by atoms with Crippen LogP contribution >= 0.6 is 0 Å². The summed E-state index contributed by atoms with van der Waals surface area (Å²) in [7, 11) is 0. The molecule has 0 bridgehead atoms. The van der Waals surface area contributed by atoms with Crippen LogP contribution in [0.25, 0.3) is 10.8 Å². The van der Waals surface area contributed by atoms with E-state index in [0.717, 1.165) is 16.3 Å². The van der Waals surface area contributed by atoms with Gasteiger partial charge in [0.15, 0.2) is 0 Å². The second-order valence-corrected chi connectivity index (χ2v) is 5.28. The lowest BCUT2D eigenvalue weighted by molar-refractivity contribution is 0.0955. The van der Waals surface area contributed by atoms with Crippen molar-refractivity contribution in [1.82, 2.24) is 5.43 Å². The summed E-state index contributed by atoms with van der Waals surface area (Å²) >= 11 is 0. The maximum Gasteiger partial charge on any atom is 0.271 e. The lowest BCUT2D eigenvalue weighted by atomic mass is 10.0. The molecule has 114 valence electrons. The number of hydrogen-bond acceptors (Lipinski definition) is 3. The van der Waals surface area contributed by atoms with Crippen LogP contribution in [0.15, 0.2) is 65.8 Å². The van der Waals surface area contributed by atoms with Crippen molar-refractivity contribution >= 4 is 22.9 Å². The molecule has 3 aromatic rings. The quantitative estimate of drug-likeness (QED) is 0.573. The van der Waals surface area contributed by atoms with Crippen LogP contribution < -0.4 is 5.43 Å². The number of rotatable bonds is 3. The first-order chi connectivity index (χ1) is 11.1. The van der Waals surface area contributed by atoms with Crippen LogP contribution in [0.2, 0.25) is 0 Å². The molecule has 0 saturated heterocycles. The van der Waals surface area contributed by atoms with E-state index in [9.17, 15) is 9.90 Å². The molecular formula is C19H16N2O2. The molecule has 0 fully saturated rings. The van der Waals surface area contributed by atoms with Gasteiger partial charge in [-0.2, -0.15) is 5.10 Å². The molecule has 0 unspecified atom stereocenters. The molecule has 0 spiro atoms. The Labute approximate surface area is 134 Å². The molecule has 0 radical (unpaired) electrons. The topological polar surface area (TPSA) is 61.7 Å². The number of aryl methyl sites for hydroxylation is 1.